The molecule has 0 amide bonds. The van der Waals surface area contributed by atoms with Gasteiger partial charge in [-0.1, -0.05) is 11.6 Å². The smallest absolute Gasteiger partial charge is 0.326 e. The van der Waals surface area contributed by atoms with E-state index in [4.69, 9.17) is 11.6 Å². The van der Waals surface area contributed by atoms with Crippen LogP contribution in [0.5, 0.6) is 0 Å². The van der Waals surface area contributed by atoms with Gasteiger partial charge in [0.25, 0.3) is 0 Å². The molecule has 1 fully saturated rings. The number of nitrogens with one attached hydrogen (secondary N) is 2. The van der Waals surface area contributed by atoms with Crippen LogP contribution in [0.4, 0.5) is 4.39 Å². The van der Waals surface area contributed by atoms with E-state index in [1.807, 2.05) is 16.7 Å². The zero-order valence-corrected chi connectivity index (χ0v) is 19.4. The van der Waals surface area contributed by atoms with E-state index in [-0.39, 0.29) is 41.1 Å². The quantitative estimate of drug-likeness (QED) is 0.441. The highest BCUT2D eigenvalue weighted by atomic mass is 35.5. The number of piperidine rings is 1. The van der Waals surface area contributed by atoms with Crippen LogP contribution in [0.1, 0.15) is 25.3 Å². The van der Waals surface area contributed by atoms with Crippen molar-refractivity contribution < 1.29 is 9.87 Å². The number of halogens is 3. The highest BCUT2D eigenvalue weighted by Gasteiger charge is 2.23. The second-order valence-corrected chi connectivity index (χ2v) is 8.57. The molecule has 0 saturated carbocycles. The Morgan fingerprint density at radius 2 is 1.61 bits per heavy atom. The second-order valence-electron chi connectivity index (χ2n) is 8.13. The van der Waals surface area contributed by atoms with Crippen LogP contribution >= 0.6 is 24.0 Å². The van der Waals surface area contributed by atoms with E-state index in [0.29, 0.717) is 17.1 Å². The van der Waals surface area contributed by atoms with E-state index in [1.165, 1.54) is 12.1 Å². The van der Waals surface area contributed by atoms with Gasteiger partial charge in [0.2, 0.25) is 0 Å². The highest BCUT2D eigenvalue weighted by Crippen LogP contribution is 2.26. The number of hydrogen-bond donors (Lipinski definition) is 2. The predicted octanol–water partition coefficient (Wildman–Crippen LogP) is 3.09. The number of fused-ring (bicyclic) bond motifs is 2. The molecule has 4 aromatic rings. The van der Waals surface area contributed by atoms with Gasteiger partial charge in [-0.15, -0.1) is 12.4 Å². The molecule has 8 nitrogen and oxygen atoms in total. The first-order chi connectivity index (χ1) is 15.0. The van der Waals surface area contributed by atoms with E-state index in [2.05, 4.69) is 14.9 Å². The van der Waals surface area contributed by atoms with Crippen LogP contribution < -0.4 is 11.4 Å². The fraction of sp³-hybridized carbons (Fsp3) is 0.364. The molecule has 3 heterocycles. The minimum atomic E-state index is -0.360. The highest BCUT2D eigenvalue weighted by molar-refractivity contribution is 6.31. The first-order valence-electron chi connectivity index (χ1n) is 10.5. The van der Waals surface area contributed by atoms with Gasteiger partial charge in [-0.3, -0.25) is 9.13 Å². The zero-order chi connectivity index (χ0) is 21.5. The van der Waals surface area contributed by atoms with Gasteiger partial charge >= 0.3 is 11.4 Å². The standard InChI is InChI=1S/C22H23ClFN5O2.ClH.H2O/c23-14-2-4-20-17(12-14)26-22(31)29(20)16-6-10-27(11-7-16)8-1-9-28-19-5-3-15(24)13-18(19)25-21(28)30;;/h2-5,12-13,16H,1,6-11H2,(H,25,30)(H,26,31);1H;1H2. The number of H-pyrrole nitrogens is 2. The summed E-state index contributed by atoms with van der Waals surface area (Å²) < 4.78 is 16.9. The summed E-state index contributed by atoms with van der Waals surface area (Å²) in [4.78, 5) is 32.7. The van der Waals surface area contributed by atoms with Gasteiger partial charge in [0, 0.05) is 30.7 Å². The molecule has 0 atom stereocenters. The monoisotopic (exact) mass is 497 g/mol. The minimum Gasteiger partial charge on any atom is -0.412 e. The molecule has 0 bridgehead atoms. The normalized spacial score (nSPS) is 15.0. The Morgan fingerprint density at radius 3 is 2.36 bits per heavy atom. The third-order valence-corrected chi connectivity index (χ3v) is 6.43. The summed E-state index contributed by atoms with van der Waals surface area (Å²) in [7, 11) is 0. The average molecular weight is 498 g/mol. The molecule has 33 heavy (non-hydrogen) atoms. The first-order valence-corrected chi connectivity index (χ1v) is 10.9. The van der Waals surface area contributed by atoms with Crippen LogP contribution in [-0.2, 0) is 6.54 Å². The largest absolute Gasteiger partial charge is 0.412 e. The minimum absolute atomic E-state index is 0. The van der Waals surface area contributed by atoms with Crippen LogP contribution in [0.25, 0.3) is 22.1 Å². The van der Waals surface area contributed by atoms with Gasteiger partial charge in [0.05, 0.1) is 22.1 Å². The number of aromatic amines is 2. The number of nitrogens with zero attached hydrogens (tertiary/aromatic N) is 3. The van der Waals surface area contributed by atoms with Gasteiger partial charge in [0.15, 0.2) is 0 Å². The number of imidazole rings is 2. The summed E-state index contributed by atoms with van der Waals surface area (Å²) in [6.45, 7) is 3.23. The lowest BCUT2D eigenvalue weighted by atomic mass is 10.0. The molecule has 1 aliphatic heterocycles. The zero-order valence-electron chi connectivity index (χ0n) is 17.8. The molecule has 0 radical (unpaired) electrons. The van der Waals surface area contributed by atoms with Crippen molar-refractivity contribution in [3.05, 3.63) is 68.2 Å². The lowest BCUT2D eigenvalue weighted by Crippen LogP contribution is -2.37. The topological polar surface area (TPSA) is 110 Å². The molecule has 0 unspecified atom stereocenters. The molecule has 5 rings (SSSR count). The first kappa shape index (κ1) is 25.0. The maximum Gasteiger partial charge on any atom is 0.326 e. The molecule has 2 aromatic carbocycles. The van der Waals surface area contributed by atoms with Crippen molar-refractivity contribution in [3.63, 3.8) is 0 Å². The Labute approximate surface area is 199 Å². The second kappa shape index (κ2) is 10.1. The predicted molar refractivity (Wildman–Crippen MR) is 130 cm³/mol. The summed E-state index contributed by atoms with van der Waals surface area (Å²) in [5.74, 6) is -0.360. The van der Waals surface area contributed by atoms with Gasteiger partial charge in [0.1, 0.15) is 5.82 Å². The van der Waals surface area contributed by atoms with Crippen molar-refractivity contribution in [2.75, 3.05) is 19.6 Å². The van der Waals surface area contributed by atoms with E-state index in [9.17, 15) is 14.0 Å². The number of benzene rings is 2. The Morgan fingerprint density at radius 1 is 0.939 bits per heavy atom. The summed E-state index contributed by atoms with van der Waals surface area (Å²) in [6.07, 6.45) is 2.60. The van der Waals surface area contributed by atoms with Crippen LogP contribution in [0.3, 0.4) is 0 Å². The van der Waals surface area contributed by atoms with Crippen LogP contribution in [0.15, 0.2) is 46.0 Å². The van der Waals surface area contributed by atoms with E-state index >= 15 is 0 Å². The number of likely N-dealkylation sites (tertiary alicyclic amines) is 1. The van der Waals surface area contributed by atoms with Crippen molar-refractivity contribution in [2.24, 2.45) is 0 Å². The van der Waals surface area contributed by atoms with Gasteiger partial charge in [-0.2, -0.15) is 0 Å². The molecular formula is C22H26Cl2FN5O3. The summed E-state index contributed by atoms with van der Waals surface area (Å²) in [5.41, 5.74) is 2.61. The fourth-order valence-electron chi connectivity index (χ4n) is 4.68. The van der Waals surface area contributed by atoms with Crippen molar-refractivity contribution in [3.8, 4) is 0 Å². The van der Waals surface area contributed by atoms with E-state index in [1.54, 1.807) is 16.7 Å². The lowest BCUT2D eigenvalue weighted by Gasteiger charge is -2.32. The molecule has 0 aliphatic carbocycles. The van der Waals surface area contributed by atoms with Gasteiger partial charge in [-0.05, 0) is 62.2 Å². The Balaban J connectivity index is 0.00000153. The van der Waals surface area contributed by atoms with Gasteiger partial charge < -0.3 is 20.3 Å². The third-order valence-electron chi connectivity index (χ3n) is 6.19. The van der Waals surface area contributed by atoms with Crippen molar-refractivity contribution in [2.45, 2.75) is 31.8 Å². The van der Waals surface area contributed by atoms with Crippen molar-refractivity contribution >= 4 is 46.1 Å². The average Bonchev–Trinajstić information content (AvgIpc) is 3.23. The van der Waals surface area contributed by atoms with Crippen molar-refractivity contribution in [1.29, 1.82) is 0 Å². The number of aryl methyl sites for hydroxylation is 1. The van der Waals surface area contributed by atoms with Crippen LogP contribution in [-0.4, -0.2) is 49.1 Å². The van der Waals surface area contributed by atoms with Crippen LogP contribution in [0.2, 0.25) is 5.02 Å². The van der Waals surface area contributed by atoms with Crippen LogP contribution in [0, 0.1) is 5.82 Å². The molecule has 178 valence electrons. The summed E-state index contributed by atoms with van der Waals surface area (Å²) >= 11 is 6.04. The third kappa shape index (κ3) is 4.86. The Hall–Kier alpha value is -2.59. The van der Waals surface area contributed by atoms with Crippen molar-refractivity contribution in [1.82, 2.24) is 24.0 Å². The Kier molecular flexibility index (Phi) is 7.69. The number of aromatic nitrogens is 4. The molecule has 0 spiro atoms. The summed E-state index contributed by atoms with van der Waals surface area (Å²) in [6, 6.07) is 10.0. The molecule has 4 N–H and O–H groups in total. The number of rotatable bonds is 5. The molecule has 2 aromatic heterocycles. The number of hydrogen-bond acceptors (Lipinski definition) is 3. The maximum atomic E-state index is 13.4. The summed E-state index contributed by atoms with van der Waals surface area (Å²) in [5, 5.41) is 0.607. The molecule has 11 heteroatoms. The molecule has 1 saturated heterocycles. The molecule has 1 aliphatic rings. The molecular weight excluding hydrogens is 472 g/mol. The Bertz CT molecular complexity index is 1370. The van der Waals surface area contributed by atoms with Gasteiger partial charge in [-0.25, -0.2) is 14.0 Å². The van der Waals surface area contributed by atoms with E-state index in [0.717, 1.165) is 55.4 Å². The maximum absolute atomic E-state index is 13.4. The lowest BCUT2D eigenvalue weighted by molar-refractivity contribution is 0.183. The van der Waals surface area contributed by atoms with E-state index < -0.39 is 0 Å². The fourth-order valence-corrected chi connectivity index (χ4v) is 4.85. The SMILES string of the molecule is Cl.O.O=c1[nH]c2cc(F)ccc2n1CCCN1CCC(n2c(=O)[nH]c3cc(Cl)ccc32)CC1.